The number of rotatable bonds is 36. The molecule has 276 valence electrons. The van der Waals surface area contributed by atoms with Gasteiger partial charge in [-0.15, -0.1) is 0 Å². The smallest absolute Gasteiger partial charge is 0.316 e. The molecule has 0 radical (unpaired) electrons. The van der Waals surface area contributed by atoms with Crippen LogP contribution < -0.4 is 0 Å². The largest absolute Gasteiger partial charge is 0.393 e. The van der Waals surface area contributed by atoms with E-state index in [9.17, 15) is 9.59 Å². The molecule has 0 aromatic rings. The van der Waals surface area contributed by atoms with Crippen molar-refractivity contribution < 1.29 is 14.3 Å². The second kappa shape index (κ2) is 37.4. The zero-order valence-corrected chi connectivity index (χ0v) is 32.3. The highest BCUT2D eigenvalue weighted by Gasteiger charge is 2.29. The molecule has 0 aliphatic rings. The monoisotopic (exact) mass is 659 g/mol. The van der Waals surface area contributed by atoms with Gasteiger partial charge in [0.25, 0.3) is 0 Å². The van der Waals surface area contributed by atoms with Gasteiger partial charge in [-0.3, -0.25) is 9.59 Å². The fourth-order valence-corrected chi connectivity index (χ4v) is 6.77. The summed E-state index contributed by atoms with van der Waals surface area (Å²) in [6, 6.07) is 0. The van der Waals surface area contributed by atoms with E-state index in [1.165, 1.54) is 135 Å². The minimum absolute atomic E-state index is 0.122. The van der Waals surface area contributed by atoms with E-state index in [1.807, 2.05) is 0 Å². The molecule has 0 aliphatic heterocycles. The van der Waals surface area contributed by atoms with Gasteiger partial charge in [0.15, 0.2) is 0 Å². The van der Waals surface area contributed by atoms with Gasteiger partial charge in [0.05, 0.1) is 5.92 Å². The van der Waals surface area contributed by atoms with Crippen LogP contribution in [0.1, 0.15) is 233 Å². The summed E-state index contributed by atoms with van der Waals surface area (Å²) in [5, 5.41) is 0. The lowest BCUT2D eigenvalue weighted by molar-refractivity contribution is -0.164. The summed E-state index contributed by atoms with van der Waals surface area (Å²) in [7, 11) is 0. The van der Waals surface area contributed by atoms with E-state index in [0.717, 1.165) is 64.2 Å². The average Bonchev–Trinajstić information content (AvgIpc) is 3.07. The molecular weight excluding hydrogens is 576 g/mol. The summed E-state index contributed by atoms with van der Waals surface area (Å²) < 4.78 is 5.50. The van der Waals surface area contributed by atoms with Gasteiger partial charge in [0.2, 0.25) is 0 Å². The van der Waals surface area contributed by atoms with Crippen LogP contribution in [0.4, 0.5) is 0 Å². The summed E-state index contributed by atoms with van der Waals surface area (Å²) in [6.45, 7) is 8.96. The summed E-state index contributed by atoms with van der Waals surface area (Å²) in [5.41, 5.74) is 0. The minimum Gasteiger partial charge on any atom is -0.393 e. The first-order valence-corrected chi connectivity index (χ1v) is 21.1. The van der Waals surface area contributed by atoms with Crippen LogP contribution in [0.3, 0.4) is 0 Å². The normalized spacial score (nSPS) is 13.1. The van der Waals surface area contributed by atoms with Crippen LogP contribution in [0.15, 0.2) is 24.3 Å². The molecule has 0 bridgehead atoms. The van der Waals surface area contributed by atoms with Crippen LogP contribution in [0.5, 0.6) is 0 Å². The van der Waals surface area contributed by atoms with Crippen molar-refractivity contribution in [2.24, 2.45) is 11.8 Å². The Hall–Kier alpha value is -1.38. The molecule has 0 spiro atoms. The molecule has 2 atom stereocenters. The predicted octanol–water partition coefficient (Wildman–Crippen LogP) is 15.0. The quantitative estimate of drug-likeness (QED) is 0.0291. The Bertz CT molecular complexity index is 724. The SMILES string of the molecule is CCCCCC=CCC=CCCCCCCCC(=O)OC(=O)C(CCCCCCCCCCCCCCCC)C(CC)CCCCC. The number of allylic oxidation sites excluding steroid dienone is 4. The summed E-state index contributed by atoms with van der Waals surface area (Å²) in [6.07, 6.45) is 47.5. The van der Waals surface area contributed by atoms with Crippen LogP contribution in [-0.4, -0.2) is 11.9 Å². The summed E-state index contributed by atoms with van der Waals surface area (Å²) in [4.78, 5) is 25.9. The Labute approximate surface area is 294 Å². The van der Waals surface area contributed by atoms with Crippen molar-refractivity contribution >= 4 is 11.9 Å². The van der Waals surface area contributed by atoms with Crippen LogP contribution in [0.25, 0.3) is 0 Å². The summed E-state index contributed by atoms with van der Waals surface area (Å²) >= 11 is 0. The molecule has 0 aromatic carbocycles. The van der Waals surface area contributed by atoms with Crippen molar-refractivity contribution in [3.05, 3.63) is 24.3 Å². The van der Waals surface area contributed by atoms with Gasteiger partial charge in [0, 0.05) is 6.42 Å². The minimum atomic E-state index is -0.310. The van der Waals surface area contributed by atoms with Gasteiger partial charge in [-0.25, -0.2) is 0 Å². The van der Waals surface area contributed by atoms with Crippen molar-refractivity contribution in [3.8, 4) is 0 Å². The topological polar surface area (TPSA) is 43.4 Å². The molecule has 0 aromatic heterocycles. The average molecular weight is 659 g/mol. The Morgan fingerprint density at radius 2 is 0.872 bits per heavy atom. The zero-order valence-electron chi connectivity index (χ0n) is 32.3. The van der Waals surface area contributed by atoms with Gasteiger partial charge in [-0.2, -0.15) is 0 Å². The lowest BCUT2D eigenvalue weighted by Gasteiger charge is -2.24. The highest BCUT2D eigenvalue weighted by atomic mass is 16.6. The highest BCUT2D eigenvalue weighted by molar-refractivity contribution is 5.86. The van der Waals surface area contributed by atoms with E-state index in [4.69, 9.17) is 4.74 Å². The van der Waals surface area contributed by atoms with Crippen molar-refractivity contribution in [1.82, 2.24) is 0 Å². The van der Waals surface area contributed by atoms with Crippen LogP contribution in [0, 0.1) is 11.8 Å². The van der Waals surface area contributed by atoms with E-state index >= 15 is 0 Å². The number of esters is 2. The molecule has 0 saturated carbocycles. The van der Waals surface area contributed by atoms with Crippen molar-refractivity contribution in [1.29, 1.82) is 0 Å². The van der Waals surface area contributed by atoms with E-state index in [2.05, 4.69) is 52.0 Å². The molecule has 0 N–H and O–H groups in total. The van der Waals surface area contributed by atoms with Gasteiger partial charge in [-0.05, 0) is 57.3 Å². The van der Waals surface area contributed by atoms with Crippen LogP contribution in [0.2, 0.25) is 0 Å². The molecule has 0 fully saturated rings. The number of ether oxygens (including phenoxy) is 1. The number of hydrogen-bond acceptors (Lipinski definition) is 3. The second-order valence-corrected chi connectivity index (χ2v) is 14.4. The van der Waals surface area contributed by atoms with Gasteiger partial charge in [0.1, 0.15) is 0 Å². The molecule has 0 saturated heterocycles. The fraction of sp³-hybridized carbons (Fsp3) is 0.864. The van der Waals surface area contributed by atoms with Crippen LogP contribution >= 0.6 is 0 Å². The van der Waals surface area contributed by atoms with Crippen molar-refractivity contribution in [3.63, 3.8) is 0 Å². The molecule has 2 unspecified atom stereocenters. The summed E-state index contributed by atoms with van der Waals surface area (Å²) in [5.74, 6) is -0.340. The molecule has 47 heavy (non-hydrogen) atoms. The first kappa shape index (κ1) is 45.6. The Morgan fingerprint density at radius 1 is 0.468 bits per heavy atom. The number of hydrogen-bond donors (Lipinski definition) is 0. The third kappa shape index (κ3) is 31.6. The number of carbonyl (C=O) groups is 2. The maximum Gasteiger partial charge on any atom is 0.316 e. The highest BCUT2D eigenvalue weighted by Crippen LogP contribution is 2.29. The Balaban J connectivity index is 4.21. The van der Waals surface area contributed by atoms with Crippen molar-refractivity contribution in [2.75, 3.05) is 0 Å². The first-order valence-electron chi connectivity index (χ1n) is 21.1. The Kier molecular flexibility index (Phi) is 36.3. The molecular formula is C44H82O3. The maximum atomic E-state index is 13.3. The number of carbonyl (C=O) groups excluding carboxylic acids is 2. The second-order valence-electron chi connectivity index (χ2n) is 14.4. The third-order valence-electron chi connectivity index (χ3n) is 9.99. The Morgan fingerprint density at radius 3 is 1.40 bits per heavy atom. The third-order valence-corrected chi connectivity index (χ3v) is 9.99. The van der Waals surface area contributed by atoms with Gasteiger partial charge >= 0.3 is 11.9 Å². The lowest BCUT2D eigenvalue weighted by atomic mass is 9.82. The van der Waals surface area contributed by atoms with E-state index in [-0.39, 0.29) is 17.9 Å². The zero-order chi connectivity index (χ0) is 34.5. The standard InChI is InChI=1S/C44H82O3/c1-5-9-12-14-16-18-20-22-24-26-28-30-32-34-37-40-43(45)47-44(46)42(41(8-4)38-35-11-7-3)39-36-33-31-29-27-25-23-21-19-17-15-13-10-6-2/h16,18,22,24,41-42H,5-15,17,19-21,23,25-40H2,1-4H3. The molecule has 0 heterocycles. The van der Waals surface area contributed by atoms with E-state index < -0.39 is 0 Å². The predicted molar refractivity (Wildman–Crippen MR) is 207 cm³/mol. The molecule has 0 rings (SSSR count). The van der Waals surface area contributed by atoms with Gasteiger partial charge < -0.3 is 4.74 Å². The number of unbranched alkanes of at least 4 members (excludes halogenated alkanes) is 23. The fourth-order valence-electron chi connectivity index (χ4n) is 6.77. The van der Waals surface area contributed by atoms with Gasteiger partial charge in [-0.1, -0.05) is 200 Å². The van der Waals surface area contributed by atoms with E-state index in [1.54, 1.807) is 0 Å². The molecule has 3 nitrogen and oxygen atoms in total. The lowest BCUT2D eigenvalue weighted by Crippen LogP contribution is -2.28. The molecule has 0 amide bonds. The first-order chi connectivity index (χ1) is 23.1. The maximum absolute atomic E-state index is 13.3. The van der Waals surface area contributed by atoms with E-state index in [0.29, 0.717) is 12.3 Å². The molecule has 3 heteroatoms. The molecule has 0 aliphatic carbocycles. The van der Waals surface area contributed by atoms with Crippen molar-refractivity contribution in [2.45, 2.75) is 233 Å². The van der Waals surface area contributed by atoms with Crippen LogP contribution in [-0.2, 0) is 14.3 Å².